The average Bonchev–Trinajstić information content (AvgIpc) is 0.735. The Bertz CT molecular complexity index is 6310. The van der Waals surface area contributed by atoms with Gasteiger partial charge in [-0.3, -0.25) is 0 Å². The number of rotatable bonds is 11. The molecule has 515 valence electrons. The Labute approximate surface area is 648 Å². The summed E-state index contributed by atoms with van der Waals surface area (Å²) in [5.74, 6) is 13.4. The van der Waals surface area contributed by atoms with Crippen LogP contribution >= 0.6 is 15.9 Å². The Hall–Kier alpha value is -13.6. The third kappa shape index (κ3) is 15.9. The Kier molecular flexibility index (Phi) is 22.0. The summed E-state index contributed by atoms with van der Waals surface area (Å²) < 4.78 is 6.03. The number of halogens is 1. The lowest BCUT2D eigenvalue weighted by Gasteiger charge is -2.19. The van der Waals surface area contributed by atoms with Crippen LogP contribution < -0.4 is 4.65 Å². The lowest BCUT2D eigenvalue weighted by Crippen LogP contribution is -2.01. The molecule has 0 aliphatic rings. The van der Waals surface area contributed by atoms with Crippen LogP contribution in [0.1, 0.15) is 29.7 Å². The summed E-state index contributed by atoms with van der Waals surface area (Å²) in [6.07, 6.45) is 0. The third-order valence-electron chi connectivity index (χ3n) is 19.7. The molecule has 0 unspecified atom stereocenters. The Morgan fingerprint density at radius 1 is 0.220 bits per heavy atom. The van der Waals surface area contributed by atoms with E-state index in [0.29, 0.717) is 13.4 Å². The molecular weight excluding hydrogens is 1380 g/mol. The van der Waals surface area contributed by atoms with Crippen molar-refractivity contribution < 1.29 is 9.68 Å². The number of hydrogen-bond acceptors (Lipinski definition) is 2. The van der Waals surface area contributed by atoms with Crippen molar-refractivity contribution in [1.29, 1.82) is 0 Å². The molecule has 4 heteroatoms. The van der Waals surface area contributed by atoms with Gasteiger partial charge in [-0.1, -0.05) is 399 Å². The molecule has 109 heavy (non-hydrogen) atoms. The molecule has 0 amide bonds. The zero-order valence-corrected chi connectivity index (χ0v) is 60.7. The maximum Gasteiger partial charge on any atom is 0.569 e. The van der Waals surface area contributed by atoms with Crippen LogP contribution in [0.15, 0.2) is 417 Å². The number of hydrogen-bond donors (Lipinski definition) is 1. The van der Waals surface area contributed by atoms with E-state index in [4.69, 9.17) is 9.68 Å². The molecule has 0 aliphatic heterocycles. The standard InChI is InChI=1S/C52H34.C38H25Br.C14H10BO2.CH4/c1-4-14-37(15-5-1)24-25-42-20-10-11-21-46(42)45-34-35-49-50(36-45)52(44-32-28-41(29-33-44)39-18-8-3-9-19-39)48-23-13-12-22-47(48)51(49)43-30-26-40(27-31-43)38-16-6-2-7-17-38;39-32-23-24-35-36(25-32)38(31-21-17-29(18-22-31)27-11-5-2-6-12-27)34-14-8-7-13-33(34)37(35)30-19-15-28(16-20-30)26-9-3-1-4-10-26;16-15-17-14-9-5-4-8-13(14)11-10-12-6-2-1-3-7-12;/h1-23,26-36H;1-25H;1-9,16H;1H4. The molecule has 1 radical (unpaired) electrons. The maximum absolute atomic E-state index is 8.63. The highest BCUT2D eigenvalue weighted by Crippen LogP contribution is 2.48. The fourth-order valence-electron chi connectivity index (χ4n) is 14.5. The molecule has 18 aromatic carbocycles. The van der Waals surface area contributed by atoms with Crippen LogP contribution in [0.5, 0.6) is 5.75 Å². The molecular formula is C105H73BBrO2. The van der Waals surface area contributed by atoms with Crippen molar-refractivity contribution in [3.05, 3.63) is 439 Å². The lowest BCUT2D eigenvalue weighted by molar-refractivity contribution is 0.453. The topological polar surface area (TPSA) is 29.5 Å². The first-order chi connectivity index (χ1) is 53.5. The summed E-state index contributed by atoms with van der Waals surface area (Å²) in [6.45, 7) is 0. The zero-order chi connectivity index (χ0) is 72.8. The van der Waals surface area contributed by atoms with E-state index in [9.17, 15) is 0 Å². The minimum absolute atomic E-state index is 0. The van der Waals surface area contributed by atoms with E-state index in [1.54, 1.807) is 6.07 Å². The van der Waals surface area contributed by atoms with Crippen LogP contribution in [0.4, 0.5) is 0 Å². The van der Waals surface area contributed by atoms with Gasteiger partial charge in [-0.05, 0) is 204 Å². The van der Waals surface area contributed by atoms with Gasteiger partial charge < -0.3 is 9.68 Å². The first-order valence-corrected chi connectivity index (χ1v) is 37.0. The van der Waals surface area contributed by atoms with E-state index in [0.717, 1.165) is 37.9 Å². The van der Waals surface area contributed by atoms with Crippen LogP contribution in [0.2, 0.25) is 0 Å². The van der Waals surface area contributed by atoms with E-state index in [1.807, 2.05) is 66.7 Å². The van der Waals surface area contributed by atoms with E-state index >= 15 is 0 Å². The van der Waals surface area contributed by atoms with Crippen molar-refractivity contribution in [3.8, 4) is 130 Å². The van der Waals surface area contributed by atoms with Gasteiger partial charge >= 0.3 is 7.69 Å². The van der Waals surface area contributed by atoms with Gasteiger partial charge in [-0.25, -0.2) is 0 Å². The molecule has 18 aromatic rings. The molecule has 18 rings (SSSR count). The molecule has 0 spiro atoms. The van der Waals surface area contributed by atoms with Crippen LogP contribution in [0, 0.1) is 23.7 Å². The minimum Gasteiger partial charge on any atom is -0.537 e. The van der Waals surface area contributed by atoms with Crippen LogP contribution in [0.3, 0.4) is 0 Å². The second kappa shape index (κ2) is 33.7. The SMILES string of the molecule is Brc1ccc2c(-c3ccc(-c4ccccc4)cc3)c3ccccc3c(-c3ccc(-c4ccccc4)cc3)c2c1.C.C(#Cc1ccccc1-c1ccc2c(-c3ccc(-c4ccccc4)cc3)c3ccccc3c(-c3ccc(-c4ccccc4)cc3)c2c1)c1ccccc1.O[B]Oc1ccccc1C#Cc1ccccc1. The number of benzene rings is 18. The fourth-order valence-corrected chi connectivity index (χ4v) is 14.8. The average molecular weight is 1460 g/mol. The molecule has 0 saturated carbocycles. The first kappa shape index (κ1) is 71.1. The van der Waals surface area contributed by atoms with Crippen molar-refractivity contribution in [3.63, 3.8) is 0 Å². The van der Waals surface area contributed by atoms with Gasteiger partial charge in [0, 0.05) is 21.2 Å². The van der Waals surface area contributed by atoms with Crippen LogP contribution in [-0.4, -0.2) is 12.7 Å². The summed E-state index contributed by atoms with van der Waals surface area (Å²) in [4.78, 5) is 0. The van der Waals surface area contributed by atoms with Gasteiger partial charge in [0.25, 0.3) is 0 Å². The highest BCUT2D eigenvalue weighted by molar-refractivity contribution is 9.10. The van der Waals surface area contributed by atoms with Gasteiger partial charge in [0.1, 0.15) is 5.75 Å². The summed E-state index contributed by atoms with van der Waals surface area (Å²) in [5, 5.41) is 18.6. The van der Waals surface area contributed by atoms with E-state index in [1.165, 1.54) is 132 Å². The van der Waals surface area contributed by atoms with Gasteiger partial charge in [0.2, 0.25) is 0 Å². The van der Waals surface area contributed by atoms with Crippen LogP contribution in [-0.2, 0) is 0 Å². The van der Waals surface area contributed by atoms with Gasteiger partial charge in [0.05, 0.1) is 5.56 Å². The molecule has 1 N–H and O–H groups in total. The molecule has 0 atom stereocenters. The highest BCUT2D eigenvalue weighted by Gasteiger charge is 2.21. The summed E-state index contributed by atoms with van der Waals surface area (Å²) in [6, 6.07) is 145. The van der Waals surface area contributed by atoms with Crippen molar-refractivity contribution in [2.24, 2.45) is 0 Å². The molecule has 0 aromatic heterocycles. The highest BCUT2D eigenvalue weighted by atomic mass is 79.9. The molecule has 2 nitrogen and oxygen atoms in total. The Morgan fingerprint density at radius 3 is 0.872 bits per heavy atom. The Morgan fingerprint density at radius 2 is 0.486 bits per heavy atom. The smallest absolute Gasteiger partial charge is 0.537 e. The molecule has 0 aliphatic carbocycles. The van der Waals surface area contributed by atoms with Crippen LogP contribution in [0.25, 0.3) is 143 Å². The normalized spacial score (nSPS) is 10.6. The van der Waals surface area contributed by atoms with Crippen molar-refractivity contribution in [2.75, 3.05) is 0 Å². The summed E-state index contributed by atoms with van der Waals surface area (Å²) >= 11 is 3.76. The largest absolute Gasteiger partial charge is 0.569 e. The molecule has 0 bridgehead atoms. The van der Waals surface area contributed by atoms with Gasteiger partial charge in [0.15, 0.2) is 0 Å². The fraction of sp³-hybridized carbons (Fsp3) is 0.00952. The predicted octanol–water partition coefficient (Wildman–Crippen LogP) is 27.8. The summed E-state index contributed by atoms with van der Waals surface area (Å²) in [5.41, 5.74) is 25.6. The number of fused-ring (bicyclic) bond motifs is 4. The van der Waals surface area contributed by atoms with E-state index in [2.05, 4.69) is 379 Å². The van der Waals surface area contributed by atoms with Gasteiger partial charge in [-0.2, -0.15) is 0 Å². The monoisotopic (exact) mass is 1460 g/mol. The molecule has 0 heterocycles. The van der Waals surface area contributed by atoms with Crippen molar-refractivity contribution in [1.82, 2.24) is 0 Å². The zero-order valence-electron chi connectivity index (χ0n) is 59.1. The third-order valence-corrected chi connectivity index (χ3v) is 20.2. The van der Waals surface area contributed by atoms with Gasteiger partial charge in [-0.15, -0.1) is 0 Å². The quantitative estimate of drug-likeness (QED) is 0.0794. The van der Waals surface area contributed by atoms with E-state index < -0.39 is 0 Å². The van der Waals surface area contributed by atoms with Crippen molar-refractivity contribution in [2.45, 2.75) is 7.43 Å². The second-order valence-electron chi connectivity index (χ2n) is 26.3. The second-order valence-corrected chi connectivity index (χ2v) is 27.2. The number of para-hydroxylation sites is 1. The first-order valence-electron chi connectivity index (χ1n) is 36.2. The van der Waals surface area contributed by atoms with Crippen molar-refractivity contribution >= 4 is 66.7 Å². The maximum atomic E-state index is 8.63. The minimum atomic E-state index is 0. The van der Waals surface area contributed by atoms with E-state index in [-0.39, 0.29) is 7.43 Å². The Balaban J connectivity index is 0.000000145. The summed E-state index contributed by atoms with van der Waals surface area (Å²) in [7, 11) is 0.656. The predicted molar refractivity (Wildman–Crippen MR) is 466 cm³/mol. The molecule has 0 fully saturated rings. The lowest BCUT2D eigenvalue weighted by atomic mass is 9.84. The molecule has 0 saturated heterocycles.